The van der Waals surface area contributed by atoms with Crippen molar-refractivity contribution in [3.05, 3.63) is 76.8 Å². The molecule has 0 aliphatic carbocycles. The van der Waals surface area contributed by atoms with E-state index in [0.717, 1.165) is 10.5 Å². The summed E-state index contributed by atoms with van der Waals surface area (Å²) in [6.45, 7) is 1.20. The highest BCUT2D eigenvalue weighted by atomic mass is 32.2. The van der Waals surface area contributed by atoms with Crippen molar-refractivity contribution in [3.63, 3.8) is 0 Å². The van der Waals surface area contributed by atoms with Gasteiger partial charge in [-0.2, -0.15) is 0 Å². The Labute approximate surface area is 171 Å². The maximum absolute atomic E-state index is 12.9. The molecule has 1 aromatic heterocycles. The Hall–Kier alpha value is -2.64. The molecule has 1 amide bonds. The number of aromatic nitrogens is 1. The SMILES string of the molecule is CSc1cccc(C(=O)c2cnc(N3CCNC(=O)C3c3ccccc3)s2)c1. The minimum Gasteiger partial charge on any atom is -0.352 e. The Bertz CT molecular complexity index is 1000. The summed E-state index contributed by atoms with van der Waals surface area (Å²) >= 11 is 2.94. The predicted octanol–water partition coefficient (Wildman–Crippen LogP) is 3.77. The minimum absolute atomic E-state index is 0.0441. The first-order valence-corrected chi connectivity index (χ1v) is 11.0. The molecule has 2 aromatic carbocycles. The molecule has 1 fully saturated rings. The first-order valence-electron chi connectivity index (χ1n) is 8.91. The fraction of sp³-hybridized carbons (Fsp3) is 0.190. The van der Waals surface area contributed by atoms with Crippen LogP contribution in [0.5, 0.6) is 0 Å². The number of piperazine rings is 1. The zero-order valence-electron chi connectivity index (χ0n) is 15.3. The van der Waals surface area contributed by atoms with Gasteiger partial charge in [0.15, 0.2) is 5.13 Å². The zero-order chi connectivity index (χ0) is 19.5. The van der Waals surface area contributed by atoms with Gasteiger partial charge in [-0.25, -0.2) is 4.98 Å². The van der Waals surface area contributed by atoms with Gasteiger partial charge in [0, 0.05) is 23.5 Å². The van der Waals surface area contributed by atoms with E-state index >= 15 is 0 Å². The average molecular weight is 410 g/mol. The first kappa shape index (κ1) is 18.7. The van der Waals surface area contributed by atoms with Gasteiger partial charge in [0.05, 0.1) is 11.1 Å². The Balaban J connectivity index is 1.63. The van der Waals surface area contributed by atoms with Gasteiger partial charge in [-0.05, 0) is 24.0 Å². The molecule has 1 aliphatic heterocycles. The number of carbonyl (C=O) groups is 2. The lowest BCUT2D eigenvalue weighted by atomic mass is 10.0. The number of nitrogens with zero attached hydrogens (tertiary/aromatic N) is 2. The van der Waals surface area contributed by atoms with E-state index in [1.54, 1.807) is 18.0 Å². The van der Waals surface area contributed by atoms with E-state index in [4.69, 9.17) is 0 Å². The van der Waals surface area contributed by atoms with Crippen LogP contribution in [0, 0.1) is 0 Å². The third-order valence-electron chi connectivity index (χ3n) is 4.62. The molecule has 142 valence electrons. The molecule has 1 unspecified atom stereocenters. The Kier molecular flexibility index (Phi) is 5.45. The van der Waals surface area contributed by atoms with Crippen LogP contribution in [0.3, 0.4) is 0 Å². The van der Waals surface area contributed by atoms with Crippen molar-refractivity contribution in [2.45, 2.75) is 10.9 Å². The van der Waals surface area contributed by atoms with Crippen LogP contribution >= 0.6 is 23.1 Å². The van der Waals surface area contributed by atoms with Crippen molar-refractivity contribution >= 4 is 39.9 Å². The van der Waals surface area contributed by atoms with Gasteiger partial charge < -0.3 is 10.2 Å². The monoisotopic (exact) mass is 409 g/mol. The van der Waals surface area contributed by atoms with Crippen LogP contribution < -0.4 is 10.2 Å². The Morgan fingerprint density at radius 2 is 2.04 bits per heavy atom. The second-order valence-electron chi connectivity index (χ2n) is 6.37. The highest BCUT2D eigenvalue weighted by molar-refractivity contribution is 7.98. The number of nitrogens with one attached hydrogen (secondary N) is 1. The summed E-state index contributed by atoms with van der Waals surface area (Å²) in [5.74, 6) is -0.0921. The number of ketones is 1. The second-order valence-corrected chi connectivity index (χ2v) is 8.25. The van der Waals surface area contributed by atoms with Gasteiger partial charge in [0.2, 0.25) is 11.7 Å². The van der Waals surface area contributed by atoms with E-state index in [0.29, 0.717) is 28.7 Å². The second kappa shape index (κ2) is 8.16. The van der Waals surface area contributed by atoms with Gasteiger partial charge in [0.1, 0.15) is 6.04 Å². The molecule has 3 aromatic rings. The number of hydrogen-bond acceptors (Lipinski definition) is 6. The molecule has 0 spiro atoms. The Morgan fingerprint density at radius 3 is 2.82 bits per heavy atom. The van der Waals surface area contributed by atoms with E-state index in [9.17, 15) is 9.59 Å². The number of thioether (sulfide) groups is 1. The lowest BCUT2D eigenvalue weighted by Crippen LogP contribution is -2.50. The van der Waals surface area contributed by atoms with E-state index in [1.165, 1.54) is 11.3 Å². The summed E-state index contributed by atoms with van der Waals surface area (Å²) in [5.41, 5.74) is 1.56. The number of amides is 1. The number of carbonyl (C=O) groups excluding carboxylic acids is 2. The number of thiazole rings is 1. The van der Waals surface area contributed by atoms with Crippen molar-refractivity contribution in [1.82, 2.24) is 10.3 Å². The molecule has 5 nitrogen and oxygen atoms in total. The summed E-state index contributed by atoms with van der Waals surface area (Å²) in [6, 6.07) is 16.8. The number of anilines is 1. The molecule has 7 heteroatoms. The van der Waals surface area contributed by atoms with E-state index < -0.39 is 6.04 Å². The molecule has 1 saturated heterocycles. The molecular formula is C21H19N3O2S2. The van der Waals surface area contributed by atoms with Crippen LogP contribution in [-0.2, 0) is 4.79 Å². The van der Waals surface area contributed by atoms with Crippen LogP contribution in [0.4, 0.5) is 5.13 Å². The number of benzene rings is 2. The van der Waals surface area contributed by atoms with Crippen LogP contribution in [-0.4, -0.2) is 36.0 Å². The quantitative estimate of drug-likeness (QED) is 0.513. The first-order chi connectivity index (χ1) is 13.7. The molecule has 1 N–H and O–H groups in total. The molecule has 2 heterocycles. The fourth-order valence-electron chi connectivity index (χ4n) is 3.25. The molecule has 1 atom stereocenters. The van der Waals surface area contributed by atoms with Crippen molar-refractivity contribution in [3.8, 4) is 0 Å². The summed E-state index contributed by atoms with van der Waals surface area (Å²) in [4.78, 5) is 33.5. The van der Waals surface area contributed by atoms with Crippen LogP contribution in [0.25, 0.3) is 0 Å². The summed E-state index contributed by atoms with van der Waals surface area (Å²) in [5, 5.41) is 3.61. The number of rotatable bonds is 5. The normalized spacial score (nSPS) is 16.7. The molecular weight excluding hydrogens is 390 g/mol. The van der Waals surface area contributed by atoms with Crippen LogP contribution in [0.1, 0.15) is 26.8 Å². The van der Waals surface area contributed by atoms with Gasteiger partial charge >= 0.3 is 0 Å². The van der Waals surface area contributed by atoms with Crippen molar-refractivity contribution < 1.29 is 9.59 Å². The highest BCUT2D eigenvalue weighted by Gasteiger charge is 2.33. The summed E-state index contributed by atoms with van der Waals surface area (Å²) in [6.07, 6.45) is 3.60. The number of hydrogen-bond donors (Lipinski definition) is 1. The molecule has 0 radical (unpaired) electrons. The van der Waals surface area contributed by atoms with Gasteiger partial charge in [-0.15, -0.1) is 11.8 Å². The molecule has 0 bridgehead atoms. The largest absolute Gasteiger partial charge is 0.352 e. The van der Waals surface area contributed by atoms with Gasteiger partial charge in [-0.1, -0.05) is 53.8 Å². The molecule has 28 heavy (non-hydrogen) atoms. The van der Waals surface area contributed by atoms with E-state index in [1.807, 2.05) is 65.8 Å². The van der Waals surface area contributed by atoms with E-state index in [2.05, 4.69) is 10.3 Å². The van der Waals surface area contributed by atoms with E-state index in [-0.39, 0.29) is 11.7 Å². The molecule has 4 rings (SSSR count). The van der Waals surface area contributed by atoms with Crippen LogP contribution in [0.15, 0.2) is 65.7 Å². The maximum Gasteiger partial charge on any atom is 0.247 e. The molecule has 0 saturated carbocycles. The van der Waals surface area contributed by atoms with Crippen molar-refractivity contribution in [2.24, 2.45) is 0 Å². The zero-order valence-corrected chi connectivity index (χ0v) is 16.9. The third kappa shape index (κ3) is 3.68. The lowest BCUT2D eigenvalue weighted by Gasteiger charge is -2.35. The van der Waals surface area contributed by atoms with Crippen molar-refractivity contribution in [2.75, 3.05) is 24.2 Å². The molecule has 1 aliphatic rings. The third-order valence-corrected chi connectivity index (χ3v) is 6.38. The maximum atomic E-state index is 12.9. The predicted molar refractivity (Wildman–Crippen MR) is 113 cm³/mol. The Morgan fingerprint density at radius 1 is 1.21 bits per heavy atom. The standard InChI is InChI=1S/C21H19N3O2S2/c1-27-16-9-5-8-15(12-16)19(25)17-13-23-21(28-17)24-11-10-22-20(26)18(24)14-6-3-2-4-7-14/h2-9,12-13,18H,10-11H2,1H3,(H,22,26). The smallest absolute Gasteiger partial charge is 0.247 e. The topological polar surface area (TPSA) is 62.3 Å². The fourth-order valence-corrected chi connectivity index (χ4v) is 4.64. The summed E-state index contributed by atoms with van der Waals surface area (Å²) < 4.78 is 0. The van der Waals surface area contributed by atoms with Gasteiger partial charge in [0.25, 0.3) is 0 Å². The van der Waals surface area contributed by atoms with Gasteiger partial charge in [-0.3, -0.25) is 9.59 Å². The highest BCUT2D eigenvalue weighted by Crippen LogP contribution is 2.33. The summed E-state index contributed by atoms with van der Waals surface area (Å²) in [7, 11) is 0. The average Bonchev–Trinajstić information content (AvgIpc) is 3.24. The minimum atomic E-state index is -0.441. The van der Waals surface area contributed by atoms with Crippen molar-refractivity contribution in [1.29, 1.82) is 0 Å². The lowest BCUT2D eigenvalue weighted by molar-refractivity contribution is -0.123. The van der Waals surface area contributed by atoms with Crippen LogP contribution in [0.2, 0.25) is 0 Å².